The van der Waals surface area contributed by atoms with Crippen molar-refractivity contribution in [3.8, 4) is 5.75 Å². The van der Waals surface area contributed by atoms with Crippen LogP contribution in [0.15, 0.2) is 48.7 Å². The van der Waals surface area contributed by atoms with Crippen molar-refractivity contribution in [3.05, 3.63) is 53.7 Å². The lowest BCUT2D eigenvalue weighted by Crippen LogP contribution is -2.44. The number of nitrogens with zero attached hydrogens (tertiary/aromatic N) is 4. The second-order valence-electron chi connectivity index (χ2n) is 9.65. The number of rotatable bonds is 8. The quantitative estimate of drug-likeness (QED) is 0.376. The van der Waals surface area contributed by atoms with Gasteiger partial charge in [0, 0.05) is 43.2 Å². The zero-order valence-corrected chi connectivity index (χ0v) is 23.1. The van der Waals surface area contributed by atoms with E-state index in [1.807, 2.05) is 44.2 Å². The monoisotopic (exact) mass is 528 g/mol. The molecule has 2 N–H and O–H groups in total. The summed E-state index contributed by atoms with van der Waals surface area (Å²) < 4.78 is 18.9. The number of anilines is 5. The Labute approximate surface area is 218 Å². The van der Waals surface area contributed by atoms with Crippen molar-refractivity contribution < 1.29 is 9.30 Å². The number of benzene rings is 2. The third kappa shape index (κ3) is 6.49. The first kappa shape index (κ1) is 26.3. The van der Waals surface area contributed by atoms with Crippen molar-refractivity contribution in [1.82, 2.24) is 14.9 Å². The lowest BCUT2D eigenvalue weighted by Gasteiger charge is -2.34. The normalized spacial score (nSPS) is 14.7. The number of hydrogen-bond donors (Lipinski definition) is 2. The van der Waals surface area contributed by atoms with Crippen molar-refractivity contribution in [2.45, 2.75) is 20.0 Å². The average Bonchev–Trinajstić information content (AvgIpc) is 2.82. The van der Waals surface area contributed by atoms with Crippen LogP contribution in [0.1, 0.15) is 13.8 Å². The zero-order chi connectivity index (χ0) is 25.9. The standard InChI is InChI=1S/C26H34ClN6O2P/c1-18(2)35-23-16-19(33-14-12-32(3)13-15-33)10-11-21(23)30-26-28-17-20(27)25(31-26)29-22-8-6-7-9-24(22)36(4,5)34/h6-11,16-18H,12-15H2,1-5H3,(H2,28,29,30,31). The molecule has 4 rings (SSSR count). The summed E-state index contributed by atoms with van der Waals surface area (Å²) in [6.07, 6.45) is 1.55. The molecular weight excluding hydrogens is 495 g/mol. The van der Waals surface area contributed by atoms with Crippen molar-refractivity contribution in [2.24, 2.45) is 0 Å². The molecule has 1 aliphatic rings. The van der Waals surface area contributed by atoms with Crippen LogP contribution in [-0.4, -0.2) is 67.5 Å². The Morgan fingerprint density at radius 1 is 1.03 bits per heavy atom. The van der Waals surface area contributed by atoms with Gasteiger partial charge in [-0.1, -0.05) is 23.7 Å². The summed E-state index contributed by atoms with van der Waals surface area (Å²) >= 11 is 6.41. The van der Waals surface area contributed by atoms with Crippen LogP contribution in [0.5, 0.6) is 5.75 Å². The van der Waals surface area contributed by atoms with E-state index < -0.39 is 7.14 Å². The Kier molecular flexibility index (Phi) is 8.08. The molecule has 3 aromatic rings. The van der Waals surface area contributed by atoms with Crippen molar-refractivity contribution >= 4 is 52.9 Å². The molecule has 1 aliphatic heterocycles. The van der Waals surface area contributed by atoms with Gasteiger partial charge in [0.25, 0.3) is 0 Å². The number of ether oxygens (including phenoxy) is 1. The third-order valence-corrected chi connectivity index (χ3v) is 7.75. The highest BCUT2D eigenvalue weighted by atomic mass is 35.5. The molecule has 1 saturated heterocycles. The third-order valence-electron chi connectivity index (χ3n) is 5.92. The van der Waals surface area contributed by atoms with Gasteiger partial charge in [0.1, 0.15) is 17.9 Å². The Morgan fingerprint density at radius 3 is 2.44 bits per heavy atom. The van der Waals surface area contributed by atoms with E-state index in [4.69, 9.17) is 16.3 Å². The van der Waals surface area contributed by atoms with Gasteiger partial charge in [0.15, 0.2) is 5.82 Å². The molecule has 2 aromatic carbocycles. The summed E-state index contributed by atoms with van der Waals surface area (Å²) in [7, 11) is -0.355. The molecule has 10 heteroatoms. The van der Waals surface area contributed by atoms with Gasteiger partial charge in [-0.15, -0.1) is 0 Å². The topological polar surface area (TPSA) is 82.6 Å². The maximum Gasteiger partial charge on any atom is 0.229 e. The zero-order valence-electron chi connectivity index (χ0n) is 21.5. The predicted octanol–water partition coefficient (Wildman–Crippen LogP) is 5.40. The van der Waals surface area contributed by atoms with E-state index in [0.717, 1.165) is 48.6 Å². The number of aromatic nitrogens is 2. The number of likely N-dealkylation sites (N-methyl/N-ethyl adjacent to an activating group) is 1. The summed E-state index contributed by atoms with van der Waals surface area (Å²) in [5, 5.41) is 7.62. The van der Waals surface area contributed by atoms with E-state index in [-0.39, 0.29) is 6.10 Å². The molecule has 1 fully saturated rings. The van der Waals surface area contributed by atoms with Crippen LogP contribution in [-0.2, 0) is 4.57 Å². The molecule has 0 saturated carbocycles. The van der Waals surface area contributed by atoms with E-state index in [0.29, 0.717) is 22.5 Å². The summed E-state index contributed by atoms with van der Waals surface area (Å²) in [6.45, 7) is 11.5. The molecule has 0 atom stereocenters. The van der Waals surface area contributed by atoms with E-state index in [9.17, 15) is 4.57 Å². The van der Waals surface area contributed by atoms with Crippen LogP contribution < -0.4 is 25.6 Å². The van der Waals surface area contributed by atoms with Crippen LogP contribution in [0.25, 0.3) is 0 Å². The smallest absolute Gasteiger partial charge is 0.229 e. The van der Waals surface area contributed by atoms with Crippen LogP contribution in [0.4, 0.5) is 28.8 Å². The molecule has 8 nitrogen and oxygen atoms in total. The summed E-state index contributed by atoms with van der Waals surface area (Å²) in [6, 6.07) is 13.6. The Bertz CT molecular complexity index is 1260. The number of nitrogens with one attached hydrogen (secondary N) is 2. The summed E-state index contributed by atoms with van der Waals surface area (Å²) in [5.74, 6) is 1.53. The fourth-order valence-electron chi connectivity index (χ4n) is 4.04. The van der Waals surface area contributed by atoms with E-state index in [1.165, 1.54) is 0 Å². The van der Waals surface area contributed by atoms with E-state index in [1.54, 1.807) is 19.5 Å². The fraction of sp³-hybridized carbons (Fsp3) is 0.385. The number of hydrogen-bond acceptors (Lipinski definition) is 8. The maximum absolute atomic E-state index is 12.8. The van der Waals surface area contributed by atoms with Gasteiger partial charge in [-0.3, -0.25) is 0 Å². The van der Waals surface area contributed by atoms with Crippen LogP contribution >= 0.6 is 18.7 Å². The number of para-hydroxylation sites is 1. The molecule has 192 valence electrons. The highest BCUT2D eigenvalue weighted by Crippen LogP contribution is 2.39. The van der Waals surface area contributed by atoms with Crippen LogP contribution in [0, 0.1) is 0 Å². The number of piperazine rings is 1. The highest BCUT2D eigenvalue weighted by molar-refractivity contribution is 7.70. The molecule has 0 radical (unpaired) electrons. The van der Waals surface area contributed by atoms with Crippen LogP contribution in [0.3, 0.4) is 0 Å². The molecule has 0 unspecified atom stereocenters. The predicted molar refractivity (Wildman–Crippen MR) is 151 cm³/mol. The molecule has 36 heavy (non-hydrogen) atoms. The largest absolute Gasteiger partial charge is 0.489 e. The minimum Gasteiger partial charge on any atom is -0.489 e. The lowest BCUT2D eigenvalue weighted by atomic mass is 10.2. The average molecular weight is 529 g/mol. The molecule has 0 amide bonds. The van der Waals surface area contributed by atoms with Gasteiger partial charge in [0.05, 0.1) is 23.7 Å². The first-order valence-corrected chi connectivity index (χ1v) is 15.0. The molecular formula is C26H34ClN6O2P. The summed E-state index contributed by atoms with van der Waals surface area (Å²) in [5.41, 5.74) is 2.60. The first-order chi connectivity index (χ1) is 17.1. The maximum atomic E-state index is 12.8. The van der Waals surface area contributed by atoms with Crippen molar-refractivity contribution in [3.63, 3.8) is 0 Å². The molecule has 2 heterocycles. The van der Waals surface area contributed by atoms with Gasteiger partial charge < -0.3 is 29.7 Å². The van der Waals surface area contributed by atoms with E-state index in [2.05, 4.69) is 49.6 Å². The minimum absolute atomic E-state index is 0.00642. The lowest BCUT2D eigenvalue weighted by molar-refractivity contribution is 0.243. The Hall–Kier alpha value is -2.80. The van der Waals surface area contributed by atoms with E-state index >= 15 is 0 Å². The second kappa shape index (κ2) is 11.1. The summed E-state index contributed by atoms with van der Waals surface area (Å²) in [4.78, 5) is 13.7. The fourth-order valence-corrected chi connectivity index (χ4v) is 5.33. The minimum atomic E-state index is -2.50. The SMILES string of the molecule is CC(C)Oc1cc(N2CCN(C)CC2)ccc1Nc1ncc(Cl)c(Nc2ccccc2P(C)(C)=O)n1. The van der Waals surface area contributed by atoms with Crippen molar-refractivity contribution in [2.75, 3.05) is 62.1 Å². The Balaban J connectivity index is 1.60. The molecule has 0 aliphatic carbocycles. The highest BCUT2D eigenvalue weighted by Gasteiger charge is 2.19. The van der Waals surface area contributed by atoms with Gasteiger partial charge in [0.2, 0.25) is 5.95 Å². The van der Waals surface area contributed by atoms with Crippen LogP contribution in [0.2, 0.25) is 5.02 Å². The second-order valence-corrected chi connectivity index (χ2v) is 13.2. The molecule has 0 spiro atoms. The van der Waals surface area contributed by atoms with Gasteiger partial charge in [-0.05, 0) is 58.5 Å². The molecule has 1 aromatic heterocycles. The van der Waals surface area contributed by atoms with Gasteiger partial charge >= 0.3 is 0 Å². The Morgan fingerprint density at radius 2 is 1.75 bits per heavy atom. The van der Waals surface area contributed by atoms with Gasteiger partial charge in [-0.2, -0.15) is 4.98 Å². The van der Waals surface area contributed by atoms with Gasteiger partial charge in [-0.25, -0.2) is 4.98 Å². The van der Waals surface area contributed by atoms with Crippen molar-refractivity contribution in [1.29, 1.82) is 0 Å². The number of halogens is 1. The first-order valence-electron chi connectivity index (χ1n) is 12.1. The molecule has 0 bridgehead atoms.